The number of hydrogen-bond acceptors (Lipinski definition) is 7. The largest absolute Gasteiger partial charge is 0.497 e. The normalized spacial score (nSPS) is 13.7. The molecule has 4 atom stereocenters. The lowest BCUT2D eigenvalue weighted by molar-refractivity contribution is -0.134. The summed E-state index contributed by atoms with van der Waals surface area (Å²) < 4.78 is 33.8. The highest BCUT2D eigenvalue weighted by molar-refractivity contribution is 7.89. The van der Waals surface area contributed by atoms with E-state index in [1.165, 1.54) is 20.1 Å². The Hall–Kier alpha value is -5.04. The molecule has 3 amide bonds. The van der Waals surface area contributed by atoms with Crippen LogP contribution in [0.25, 0.3) is 0 Å². The first-order valence-corrected chi connectivity index (χ1v) is 17.3. The first kappa shape index (κ1) is 36.8. The van der Waals surface area contributed by atoms with E-state index in [1.807, 2.05) is 60.7 Å². The van der Waals surface area contributed by atoms with Crippen LogP contribution in [0.4, 0.5) is 0 Å². The third-order valence-corrected chi connectivity index (χ3v) is 9.63. The van der Waals surface area contributed by atoms with E-state index in [-0.39, 0.29) is 24.3 Å². The molecule has 1 unspecified atom stereocenters. The van der Waals surface area contributed by atoms with Crippen LogP contribution in [0.5, 0.6) is 5.75 Å². The number of benzene rings is 4. The van der Waals surface area contributed by atoms with E-state index in [1.54, 1.807) is 49.4 Å². The number of carbonyl (C=O) groups is 3. The fraction of sp³-hybridized carbons (Fsp3) is 0.270. The Labute approximate surface area is 287 Å². The number of nitrogens with one attached hydrogen (secondary N) is 4. The number of sulfonamides is 1. The first-order valence-electron chi connectivity index (χ1n) is 15.8. The molecular weight excluding hydrogens is 644 g/mol. The summed E-state index contributed by atoms with van der Waals surface area (Å²) in [4.78, 5) is 40.6. The van der Waals surface area contributed by atoms with Gasteiger partial charge in [-0.05, 0) is 60.7 Å². The zero-order valence-electron chi connectivity index (χ0n) is 27.6. The van der Waals surface area contributed by atoms with Crippen molar-refractivity contribution in [1.29, 1.82) is 0 Å². The lowest BCUT2D eigenvalue weighted by Gasteiger charge is -2.27. The van der Waals surface area contributed by atoms with E-state index in [2.05, 4.69) is 20.7 Å². The van der Waals surface area contributed by atoms with Gasteiger partial charge in [0.15, 0.2) is 6.10 Å². The summed E-state index contributed by atoms with van der Waals surface area (Å²) in [5.74, 6) is -1.50. The van der Waals surface area contributed by atoms with Crippen molar-refractivity contribution < 1.29 is 32.6 Å². The number of hydrogen-bond donors (Lipinski definition) is 5. The van der Waals surface area contributed by atoms with Crippen LogP contribution in [0.3, 0.4) is 0 Å². The number of aliphatic hydroxyl groups is 1. The van der Waals surface area contributed by atoms with Crippen LogP contribution >= 0.6 is 0 Å². The lowest BCUT2D eigenvalue weighted by atomic mass is 9.98. The minimum absolute atomic E-state index is 0.0210. The van der Waals surface area contributed by atoms with Crippen molar-refractivity contribution in [2.45, 2.75) is 62.4 Å². The van der Waals surface area contributed by atoms with Crippen molar-refractivity contribution >= 4 is 27.7 Å². The van der Waals surface area contributed by atoms with Gasteiger partial charge < -0.3 is 25.8 Å². The fourth-order valence-electron chi connectivity index (χ4n) is 5.18. The Morgan fingerprint density at radius 2 is 1.29 bits per heavy atom. The maximum absolute atomic E-state index is 14.0. The predicted molar refractivity (Wildman–Crippen MR) is 186 cm³/mol. The molecule has 0 fully saturated rings. The highest BCUT2D eigenvalue weighted by atomic mass is 32.2. The molecule has 0 saturated heterocycles. The Morgan fingerprint density at radius 3 is 1.90 bits per heavy atom. The van der Waals surface area contributed by atoms with Crippen molar-refractivity contribution in [2.75, 3.05) is 7.11 Å². The quantitative estimate of drug-likeness (QED) is 0.121. The highest BCUT2D eigenvalue weighted by Crippen LogP contribution is 2.16. The molecule has 11 nitrogen and oxygen atoms in total. The third-order valence-electron chi connectivity index (χ3n) is 7.93. The van der Waals surface area contributed by atoms with Crippen LogP contribution in [-0.2, 0) is 43.8 Å². The number of amides is 3. The molecule has 0 aliphatic rings. The molecule has 4 aromatic rings. The summed E-state index contributed by atoms with van der Waals surface area (Å²) >= 11 is 0. The van der Waals surface area contributed by atoms with E-state index < -0.39 is 52.0 Å². The molecule has 12 heteroatoms. The van der Waals surface area contributed by atoms with Crippen molar-refractivity contribution in [3.63, 3.8) is 0 Å². The second kappa shape index (κ2) is 17.4. The van der Waals surface area contributed by atoms with Crippen molar-refractivity contribution in [2.24, 2.45) is 0 Å². The summed E-state index contributed by atoms with van der Waals surface area (Å²) in [6.07, 6.45) is -1.50. The van der Waals surface area contributed by atoms with E-state index in [0.29, 0.717) is 16.9 Å². The summed E-state index contributed by atoms with van der Waals surface area (Å²) in [6.45, 7) is 3.21. The van der Waals surface area contributed by atoms with Crippen LogP contribution in [0, 0.1) is 6.92 Å². The van der Waals surface area contributed by atoms with Gasteiger partial charge in [0.25, 0.3) is 5.91 Å². The molecule has 4 aromatic carbocycles. The molecule has 0 saturated carbocycles. The van der Waals surface area contributed by atoms with Crippen molar-refractivity contribution in [3.05, 3.63) is 131 Å². The van der Waals surface area contributed by atoms with Gasteiger partial charge in [-0.3, -0.25) is 14.4 Å². The smallest absolute Gasteiger partial charge is 0.251 e. The molecule has 0 aliphatic carbocycles. The van der Waals surface area contributed by atoms with Gasteiger partial charge in [0.2, 0.25) is 21.8 Å². The minimum atomic E-state index is -4.06. The van der Waals surface area contributed by atoms with Crippen LogP contribution in [0.1, 0.15) is 29.2 Å². The van der Waals surface area contributed by atoms with Crippen molar-refractivity contribution in [1.82, 2.24) is 20.7 Å². The second-order valence-electron chi connectivity index (χ2n) is 11.7. The van der Waals surface area contributed by atoms with Crippen LogP contribution in [-0.4, -0.2) is 62.6 Å². The SMILES string of the molecule is COc1ccc(C[C@H](NC(=O)[C@H](C)NS(=O)(=O)c2ccccc2C)C(=O)NC(Cc2ccccc2)[C@H](O)C(=O)NCc2ccccc2)cc1. The zero-order chi connectivity index (χ0) is 35.4. The zero-order valence-corrected chi connectivity index (χ0v) is 28.4. The summed E-state index contributed by atoms with van der Waals surface area (Å²) in [5, 5.41) is 19.4. The molecule has 0 spiro atoms. The number of aliphatic hydroxyl groups excluding tert-OH is 1. The summed E-state index contributed by atoms with van der Waals surface area (Å²) in [6, 6.07) is 28.0. The van der Waals surface area contributed by atoms with Gasteiger partial charge in [-0.1, -0.05) is 91.0 Å². The Bertz CT molecular complexity index is 1800. The third kappa shape index (κ3) is 10.7. The maximum atomic E-state index is 14.0. The van der Waals surface area contributed by atoms with E-state index in [9.17, 15) is 27.9 Å². The topological polar surface area (TPSA) is 163 Å². The Kier molecular flexibility index (Phi) is 13.1. The monoisotopic (exact) mass is 686 g/mol. The second-order valence-corrected chi connectivity index (χ2v) is 13.4. The summed E-state index contributed by atoms with van der Waals surface area (Å²) in [5.41, 5.74) is 2.78. The van der Waals surface area contributed by atoms with E-state index in [4.69, 9.17) is 4.74 Å². The molecule has 0 radical (unpaired) electrons. The number of rotatable bonds is 16. The first-order chi connectivity index (χ1) is 23.5. The van der Waals surface area contributed by atoms with Crippen LogP contribution < -0.4 is 25.4 Å². The number of ether oxygens (including phenoxy) is 1. The minimum Gasteiger partial charge on any atom is -0.497 e. The molecule has 5 N–H and O–H groups in total. The summed E-state index contributed by atoms with van der Waals surface area (Å²) in [7, 11) is -2.53. The maximum Gasteiger partial charge on any atom is 0.251 e. The van der Waals surface area contributed by atoms with Gasteiger partial charge in [-0.15, -0.1) is 0 Å². The standard InChI is InChI=1S/C37H42N4O7S/c1-25-12-10-11-17-33(25)49(46,47)41-26(2)35(43)40-32(23-28-18-20-30(48-3)21-19-28)36(44)39-31(22-27-13-6-4-7-14-27)34(42)37(45)38-24-29-15-8-5-9-16-29/h4-21,26,31-32,34,41-42H,22-24H2,1-3H3,(H,38,45)(H,39,44)(H,40,43)/t26-,31?,32-,34-/m0/s1. The van der Waals surface area contributed by atoms with E-state index >= 15 is 0 Å². The molecule has 49 heavy (non-hydrogen) atoms. The number of aryl methyl sites for hydroxylation is 1. The molecule has 258 valence electrons. The fourth-order valence-corrected chi connectivity index (χ4v) is 6.63. The Morgan fingerprint density at radius 1 is 0.714 bits per heavy atom. The van der Waals surface area contributed by atoms with Gasteiger partial charge in [-0.25, -0.2) is 8.42 Å². The molecule has 0 heterocycles. The van der Waals surface area contributed by atoms with Gasteiger partial charge in [0.05, 0.1) is 24.1 Å². The Balaban J connectivity index is 1.55. The molecule has 0 aliphatic heterocycles. The molecule has 0 bridgehead atoms. The molecular formula is C37H42N4O7S. The van der Waals surface area contributed by atoms with Crippen molar-refractivity contribution in [3.8, 4) is 5.75 Å². The molecule has 4 rings (SSSR count). The lowest BCUT2D eigenvalue weighted by Crippen LogP contribution is -2.58. The van der Waals surface area contributed by atoms with Crippen LogP contribution in [0.2, 0.25) is 0 Å². The van der Waals surface area contributed by atoms with Gasteiger partial charge >= 0.3 is 0 Å². The predicted octanol–water partition coefficient (Wildman–Crippen LogP) is 2.80. The van der Waals surface area contributed by atoms with Gasteiger partial charge in [-0.2, -0.15) is 4.72 Å². The highest BCUT2D eigenvalue weighted by Gasteiger charge is 2.32. The average Bonchev–Trinajstić information content (AvgIpc) is 3.10. The van der Waals surface area contributed by atoms with Gasteiger partial charge in [0, 0.05) is 13.0 Å². The number of carbonyl (C=O) groups excluding carboxylic acids is 3. The average molecular weight is 687 g/mol. The van der Waals surface area contributed by atoms with Crippen LogP contribution in [0.15, 0.2) is 114 Å². The molecule has 0 aromatic heterocycles. The van der Waals surface area contributed by atoms with Gasteiger partial charge in [0.1, 0.15) is 11.8 Å². The van der Waals surface area contributed by atoms with E-state index in [0.717, 1.165) is 11.1 Å². The number of methoxy groups -OCH3 is 1.